The molecule has 0 amide bonds. The molecule has 20 heavy (non-hydrogen) atoms. The van der Waals surface area contributed by atoms with Crippen LogP contribution in [0.4, 0.5) is 0 Å². The largest absolute Gasteiger partial charge is 0.496 e. The summed E-state index contributed by atoms with van der Waals surface area (Å²) in [6.07, 6.45) is 0. The third-order valence-electron chi connectivity index (χ3n) is 3.92. The zero-order valence-corrected chi connectivity index (χ0v) is 11.8. The highest BCUT2D eigenvalue weighted by Gasteiger charge is 2.32. The molecule has 2 aromatic rings. The number of rotatable bonds is 4. The minimum absolute atomic E-state index is 0.176. The van der Waals surface area contributed by atoms with E-state index in [1.165, 1.54) is 11.1 Å². The van der Waals surface area contributed by atoms with Crippen molar-refractivity contribution in [2.24, 2.45) is 0 Å². The second-order valence-electron chi connectivity index (χ2n) is 4.96. The lowest BCUT2D eigenvalue weighted by Gasteiger charge is -2.24. The molecule has 2 aromatic carbocycles. The third kappa shape index (κ3) is 2.14. The normalized spacial score (nSPS) is 18.2. The first kappa shape index (κ1) is 13.0. The van der Waals surface area contributed by atoms with Gasteiger partial charge in [-0.15, -0.1) is 0 Å². The molecule has 0 aliphatic carbocycles. The molecule has 1 aliphatic rings. The predicted octanol–water partition coefficient (Wildman–Crippen LogP) is 3.13. The summed E-state index contributed by atoms with van der Waals surface area (Å²) in [5.74, 6) is 2.20. The van der Waals surface area contributed by atoms with E-state index in [9.17, 15) is 0 Å². The fourth-order valence-electron chi connectivity index (χ4n) is 2.96. The van der Waals surface area contributed by atoms with Crippen molar-refractivity contribution in [3.8, 4) is 11.5 Å². The Balaban J connectivity index is 1.99. The van der Waals surface area contributed by atoms with E-state index in [-0.39, 0.29) is 6.04 Å². The van der Waals surface area contributed by atoms with E-state index in [0.717, 1.165) is 11.5 Å². The van der Waals surface area contributed by atoms with Gasteiger partial charge in [0.15, 0.2) is 0 Å². The van der Waals surface area contributed by atoms with E-state index < -0.39 is 0 Å². The molecule has 3 nitrogen and oxygen atoms in total. The van der Waals surface area contributed by atoms with Gasteiger partial charge in [0, 0.05) is 23.1 Å². The minimum atomic E-state index is 0.176. The van der Waals surface area contributed by atoms with Crippen LogP contribution in [-0.4, -0.2) is 20.8 Å². The van der Waals surface area contributed by atoms with Crippen molar-refractivity contribution in [2.45, 2.75) is 12.0 Å². The smallest absolute Gasteiger partial charge is 0.123 e. The van der Waals surface area contributed by atoms with Gasteiger partial charge >= 0.3 is 0 Å². The average Bonchev–Trinajstić information content (AvgIpc) is 2.93. The lowest BCUT2D eigenvalue weighted by molar-refractivity contribution is 0.300. The van der Waals surface area contributed by atoms with Crippen LogP contribution in [0.5, 0.6) is 11.5 Å². The van der Waals surface area contributed by atoms with Crippen molar-refractivity contribution in [3.05, 3.63) is 59.7 Å². The molecule has 1 heterocycles. The highest BCUT2D eigenvalue weighted by atomic mass is 16.5. The molecule has 3 rings (SSSR count). The molecule has 1 N–H and O–H groups in total. The van der Waals surface area contributed by atoms with Crippen molar-refractivity contribution in [1.29, 1.82) is 0 Å². The number of fused-ring (bicyclic) bond motifs is 1. The van der Waals surface area contributed by atoms with Gasteiger partial charge in [0.1, 0.15) is 11.5 Å². The molecule has 2 atom stereocenters. The van der Waals surface area contributed by atoms with Gasteiger partial charge in [-0.25, -0.2) is 0 Å². The Labute approximate surface area is 119 Å². The number of hydrogen-bond donors (Lipinski definition) is 1. The van der Waals surface area contributed by atoms with Gasteiger partial charge < -0.3 is 14.8 Å². The molecule has 0 fully saturated rings. The Bertz CT molecular complexity index is 597. The van der Waals surface area contributed by atoms with Crippen LogP contribution in [0, 0.1) is 0 Å². The van der Waals surface area contributed by atoms with Gasteiger partial charge in [-0.05, 0) is 19.2 Å². The molecule has 2 unspecified atom stereocenters. The fraction of sp³-hybridized carbons (Fsp3) is 0.294. The first-order chi connectivity index (χ1) is 9.85. The summed E-state index contributed by atoms with van der Waals surface area (Å²) in [7, 11) is 3.70. The predicted molar refractivity (Wildman–Crippen MR) is 79.5 cm³/mol. The van der Waals surface area contributed by atoms with E-state index in [4.69, 9.17) is 9.47 Å². The molecule has 3 heteroatoms. The summed E-state index contributed by atoms with van der Waals surface area (Å²) < 4.78 is 11.3. The molecule has 1 aliphatic heterocycles. The lowest BCUT2D eigenvalue weighted by Crippen LogP contribution is -2.25. The number of ether oxygens (including phenoxy) is 2. The van der Waals surface area contributed by atoms with Crippen molar-refractivity contribution in [2.75, 3.05) is 20.8 Å². The first-order valence-corrected chi connectivity index (χ1v) is 6.87. The Morgan fingerprint density at radius 1 is 1.15 bits per heavy atom. The van der Waals surface area contributed by atoms with Crippen molar-refractivity contribution < 1.29 is 9.47 Å². The fourth-order valence-corrected chi connectivity index (χ4v) is 2.96. The summed E-state index contributed by atoms with van der Waals surface area (Å²) in [5, 5.41) is 3.42. The monoisotopic (exact) mass is 269 g/mol. The van der Waals surface area contributed by atoms with Crippen molar-refractivity contribution >= 4 is 0 Å². The van der Waals surface area contributed by atoms with Gasteiger partial charge in [-0.1, -0.05) is 36.4 Å². The van der Waals surface area contributed by atoms with Crippen LogP contribution in [0.3, 0.4) is 0 Å². The Kier molecular flexibility index (Phi) is 3.61. The maximum absolute atomic E-state index is 5.81. The first-order valence-electron chi connectivity index (χ1n) is 6.87. The van der Waals surface area contributed by atoms with Gasteiger partial charge in [0.2, 0.25) is 0 Å². The summed E-state index contributed by atoms with van der Waals surface area (Å²) in [5.41, 5.74) is 2.43. The average molecular weight is 269 g/mol. The quantitative estimate of drug-likeness (QED) is 0.925. The van der Waals surface area contributed by atoms with Crippen LogP contribution in [0.25, 0.3) is 0 Å². The highest BCUT2D eigenvalue weighted by Crippen LogP contribution is 2.42. The Morgan fingerprint density at radius 3 is 2.70 bits per heavy atom. The van der Waals surface area contributed by atoms with E-state index in [0.29, 0.717) is 12.5 Å². The molecule has 0 saturated carbocycles. The van der Waals surface area contributed by atoms with E-state index in [1.807, 2.05) is 37.4 Å². The van der Waals surface area contributed by atoms with E-state index in [1.54, 1.807) is 7.11 Å². The zero-order chi connectivity index (χ0) is 13.9. The second kappa shape index (κ2) is 5.55. The Hall–Kier alpha value is -2.00. The SMILES string of the molecule is CNC(c1ccccc1OC)C1COc2ccccc21. The van der Waals surface area contributed by atoms with Crippen LogP contribution in [-0.2, 0) is 0 Å². The molecule has 104 valence electrons. The van der Waals surface area contributed by atoms with Crippen molar-refractivity contribution in [1.82, 2.24) is 5.32 Å². The third-order valence-corrected chi connectivity index (χ3v) is 3.92. The van der Waals surface area contributed by atoms with Gasteiger partial charge in [-0.3, -0.25) is 0 Å². The topological polar surface area (TPSA) is 30.5 Å². The number of likely N-dealkylation sites (N-methyl/N-ethyl adjacent to an activating group) is 1. The molecule has 0 saturated heterocycles. The Morgan fingerprint density at radius 2 is 1.90 bits per heavy atom. The maximum atomic E-state index is 5.81. The van der Waals surface area contributed by atoms with E-state index >= 15 is 0 Å². The maximum Gasteiger partial charge on any atom is 0.123 e. The number of methoxy groups -OCH3 is 1. The summed E-state index contributed by atoms with van der Waals surface area (Å²) in [4.78, 5) is 0. The summed E-state index contributed by atoms with van der Waals surface area (Å²) in [6, 6.07) is 16.6. The zero-order valence-electron chi connectivity index (χ0n) is 11.8. The van der Waals surface area contributed by atoms with Gasteiger partial charge in [0.05, 0.1) is 13.7 Å². The number of nitrogens with one attached hydrogen (secondary N) is 1. The van der Waals surface area contributed by atoms with Crippen LogP contribution >= 0.6 is 0 Å². The summed E-state index contributed by atoms with van der Waals surface area (Å²) >= 11 is 0. The van der Waals surface area contributed by atoms with Gasteiger partial charge in [-0.2, -0.15) is 0 Å². The lowest BCUT2D eigenvalue weighted by atomic mass is 9.88. The molecular weight excluding hydrogens is 250 g/mol. The summed E-state index contributed by atoms with van der Waals surface area (Å²) in [6.45, 7) is 0.697. The number of para-hydroxylation sites is 2. The molecular formula is C17H19NO2. The molecule has 0 spiro atoms. The van der Waals surface area contributed by atoms with Crippen molar-refractivity contribution in [3.63, 3.8) is 0 Å². The molecule has 0 bridgehead atoms. The standard InChI is InChI=1S/C17H19NO2/c1-18-17(13-8-4-5-9-15(13)19-2)14-11-20-16-10-6-3-7-12(14)16/h3-10,14,17-18H,11H2,1-2H3. The van der Waals surface area contributed by atoms with E-state index in [2.05, 4.69) is 23.5 Å². The highest BCUT2D eigenvalue weighted by molar-refractivity contribution is 5.44. The van der Waals surface area contributed by atoms with Crippen LogP contribution in [0.15, 0.2) is 48.5 Å². The van der Waals surface area contributed by atoms with Crippen LogP contribution < -0.4 is 14.8 Å². The second-order valence-corrected chi connectivity index (χ2v) is 4.96. The minimum Gasteiger partial charge on any atom is -0.496 e. The van der Waals surface area contributed by atoms with Crippen LogP contribution in [0.2, 0.25) is 0 Å². The van der Waals surface area contributed by atoms with Crippen LogP contribution in [0.1, 0.15) is 23.1 Å². The molecule has 0 aromatic heterocycles. The van der Waals surface area contributed by atoms with Gasteiger partial charge in [0.25, 0.3) is 0 Å². The number of benzene rings is 2. The number of hydrogen-bond acceptors (Lipinski definition) is 3. The molecule has 0 radical (unpaired) electrons.